The summed E-state index contributed by atoms with van der Waals surface area (Å²) in [5, 5.41) is 0. The molecular weight excluding hydrogens is 228 g/mol. The molecule has 5 heteroatoms. The number of esters is 1. The number of carbonyl (C=O) groups excluding carboxylic acids is 1. The molecule has 1 aromatic carbocycles. The molecule has 0 fully saturated rings. The van der Waals surface area contributed by atoms with Gasteiger partial charge in [0.15, 0.2) is 9.84 Å². The molecule has 88 valence electrons. The van der Waals surface area contributed by atoms with Gasteiger partial charge in [0.25, 0.3) is 0 Å². The van der Waals surface area contributed by atoms with Gasteiger partial charge in [0.1, 0.15) is 0 Å². The van der Waals surface area contributed by atoms with E-state index in [0.29, 0.717) is 11.1 Å². The molecular formula is C11H14O4S. The van der Waals surface area contributed by atoms with E-state index in [0.717, 1.165) is 6.26 Å². The molecule has 0 atom stereocenters. The molecule has 0 aromatic heterocycles. The van der Waals surface area contributed by atoms with E-state index in [2.05, 4.69) is 0 Å². The molecule has 0 spiro atoms. The van der Waals surface area contributed by atoms with Crippen LogP contribution in [0, 0.1) is 6.92 Å². The monoisotopic (exact) mass is 242 g/mol. The van der Waals surface area contributed by atoms with Crippen LogP contribution in [0.1, 0.15) is 22.8 Å². The van der Waals surface area contributed by atoms with Crippen LogP contribution in [0.15, 0.2) is 23.1 Å². The number of hydrogen-bond acceptors (Lipinski definition) is 4. The van der Waals surface area contributed by atoms with Gasteiger partial charge in [0.05, 0.1) is 17.1 Å². The molecule has 0 radical (unpaired) electrons. The lowest BCUT2D eigenvalue weighted by molar-refractivity contribution is 0.0525. The second-order valence-corrected chi connectivity index (χ2v) is 5.49. The van der Waals surface area contributed by atoms with Gasteiger partial charge < -0.3 is 4.74 Å². The summed E-state index contributed by atoms with van der Waals surface area (Å²) in [5.74, 6) is -0.495. The van der Waals surface area contributed by atoms with Crippen LogP contribution < -0.4 is 0 Å². The predicted molar refractivity (Wildman–Crippen MR) is 60.2 cm³/mol. The zero-order chi connectivity index (χ0) is 12.3. The van der Waals surface area contributed by atoms with Gasteiger partial charge in [-0.2, -0.15) is 0 Å². The Labute approximate surface area is 95.2 Å². The number of ether oxygens (including phenoxy) is 1. The van der Waals surface area contributed by atoms with Crippen molar-refractivity contribution >= 4 is 15.8 Å². The largest absolute Gasteiger partial charge is 0.462 e. The molecule has 4 nitrogen and oxygen atoms in total. The van der Waals surface area contributed by atoms with Crippen LogP contribution in [0.3, 0.4) is 0 Å². The van der Waals surface area contributed by atoms with Gasteiger partial charge >= 0.3 is 5.97 Å². The Balaban J connectivity index is 3.24. The van der Waals surface area contributed by atoms with Gasteiger partial charge in [-0.1, -0.05) is 6.07 Å². The van der Waals surface area contributed by atoms with Gasteiger partial charge in [0, 0.05) is 6.26 Å². The minimum atomic E-state index is -3.30. The van der Waals surface area contributed by atoms with E-state index in [9.17, 15) is 13.2 Å². The Kier molecular flexibility index (Phi) is 3.70. The highest BCUT2D eigenvalue weighted by molar-refractivity contribution is 7.90. The smallest absolute Gasteiger partial charge is 0.338 e. The van der Waals surface area contributed by atoms with Crippen LogP contribution >= 0.6 is 0 Å². The Morgan fingerprint density at radius 3 is 2.50 bits per heavy atom. The molecule has 0 unspecified atom stereocenters. The van der Waals surface area contributed by atoms with Gasteiger partial charge in [-0.3, -0.25) is 0 Å². The van der Waals surface area contributed by atoms with E-state index in [1.54, 1.807) is 19.9 Å². The molecule has 0 saturated carbocycles. The summed E-state index contributed by atoms with van der Waals surface area (Å²) in [6.07, 6.45) is 1.10. The minimum Gasteiger partial charge on any atom is -0.462 e. The van der Waals surface area contributed by atoms with Crippen molar-refractivity contribution in [3.63, 3.8) is 0 Å². The molecule has 1 rings (SSSR count). The zero-order valence-corrected chi connectivity index (χ0v) is 10.3. The van der Waals surface area contributed by atoms with Gasteiger partial charge in [0.2, 0.25) is 0 Å². The quantitative estimate of drug-likeness (QED) is 0.755. The highest BCUT2D eigenvalue weighted by Gasteiger charge is 2.14. The summed E-state index contributed by atoms with van der Waals surface area (Å²) in [4.78, 5) is 11.7. The van der Waals surface area contributed by atoms with E-state index in [1.165, 1.54) is 12.1 Å². The molecule has 0 bridgehead atoms. The fraction of sp³-hybridized carbons (Fsp3) is 0.364. The normalized spacial score (nSPS) is 11.2. The molecule has 0 aliphatic rings. The van der Waals surface area contributed by atoms with Crippen LogP contribution in [0.2, 0.25) is 0 Å². The Morgan fingerprint density at radius 2 is 2.00 bits per heavy atom. The maximum atomic E-state index is 11.5. The highest BCUT2D eigenvalue weighted by Crippen LogP contribution is 2.16. The standard InChI is InChI=1S/C11H14O4S/c1-4-15-11(12)10-7-9(16(3,13)14)6-5-8(10)2/h5-7H,4H2,1-3H3. The van der Waals surface area contributed by atoms with E-state index in [4.69, 9.17) is 4.74 Å². The SMILES string of the molecule is CCOC(=O)c1cc(S(C)(=O)=O)ccc1C. The van der Waals surface area contributed by atoms with Crippen molar-refractivity contribution in [1.29, 1.82) is 0 Å². The first-order chi connectivity index (χ1) is 7.36. The summed E-state index contributed by atoms with van der Waals surface area (Å²) in [7, 11) is -3.30. The number of rotatable bonds is 3. The third-order valence-electron chi connectivity index (χ3n) is 2.13. The molecule has 0 saturated heterocycles. The summed E-state index contributed by atoms with van der Waals surface area (Å²) < 4.78 is 27.5. The van der Waals surface area contributed by atoms with Crippen LogP contribution in [-0.2, 0) is 14.6 Å². The van der Waals surface area contributed by atoms with Crippen molar-refractivity contribution in [3.05, 3.63) is 29.3 Å². The summed E-state index contributed by atoms with van der Waals surface area (Å²) in [6, 6.07) is 4.43. The topological polar surface area (TPSA) is 60.4 Å². The average Bonchev–Trinajstić information content (AvgIpc) is 2.16. The van der Waals surface area contributed by atoms with Gasteiger partial charge in [-0.05, 0) is 31.5 Å². The Morgan fingerprint density at radius 1 is 1.38 bits per heavy atom. The van der Waals surface area contributed by atoms with Crippen molar-refractivity contribution in [2.45, 2.75) is 18.7 Å². The van der Waals surface area contributed by atoms with E-state index in [1.807, 2.05) is 0 Å². The average molecular weight is 242 g/mol. The maximum absolute atomic E-state index is 11.5. The minimum absolute atomic E-state index is 0.126. The van der Waals surface area contributed by atoms with E-state index < -0.39 is 15.8 Å². The van der Waals surface area contributed by atoms with Crippen molar-refractivity contribution in [2.24, 2.45) is 0 Å². The Bertz CT molecular complexity index is 503. The fourth-order valence-corrected chi connectivity index (χ4v) is 1.91. The number of aryl methyl sites for hydroxylation is 1. The molecule has 1 aromatic rings. The van der Waals surface area contributed by atoms with Crippen LogP contribution in [0.5, 0.6) is 0 Å². The lowest BCUT2D eigenvalue weighted by Crippen LogP contribution is -2.08. The number of carbonyl (C=O) groups is 1. The summed E-state index contributed by atoms with van der Waals surface area (Å²) in [5.41, 5.74) is 0.996. The van der Waals surface area contributed by atoms with Crippen LogP contribution in [0.4, 0.5) is 0 Å². The number of benzene rings is 1. The second-order valence-electron chi connectivity index (χ2n) is 3.47. The number of sulfone groups is 1. The molecule has 0 aliphatic carbocycles. The molecule has 0 amide bonds. The van der Waals surface area contributed by atoms with E-state index in [-0.39, 0.29) is 11.5 Å². The first-order valence-corrected chi connectivity index (χ1v) is 6.73. The summed E-state index contributed by atoms with van der Waals surface area (Å²) >= 11 is 0. The lowest BCUT2D eigenvalue weighted by atomic mass is 10.1. The third kappa shape index (κ3) is 2.82. The van der Waals surface area contributed by atoms with Crippen molar-refractivity contribution in [2.75, 3.05) is 12.9 Å². The van der Waals surface area contributed by atoms with Gasteiger partial charge in [-0.15, -0.1) is 0 Å². The lowest BCUT2D eigenvalue weighted by Gasteiger charge is -2.07. The molecule has 16 heavy (non-hydrogen) atoms. The molecule has 0 heterocycles. The summed E-state index contributed by atoms with van der Waals surface area (Å²) in [6.45, 7) is 3.70. The predicted octanol–water partition coefficient (Wildman–Crippen LogP) is 1.58. The van der Waals surface area contributed by atoms with Crippen molar-refractivity contribution in [3.8, 4) is 0 Å². The second kappa shape index (κ2) is 4.65. The maximum Gasteiger partial charge on any atom is 0.338 e. The van der Waals surface area contributed by atoms with Crippen molar-refractivity contribution in [1.82, 2.24) is 0 Å². The molecule has 0 N–H and O–H groups in total. The van der Waals surface area contributed by atoms with Crippen molar-refractivity contribution < 1.29 is 17.9 Å². The molecule has 0 aliphatic heterocycles. The fourth-order valence-electron chi connectivity index (χ4n) is 1.26. The first-order valence-electron chi connectivity index (χ1n) is 4.84. The number of hydrogen-bond donors (Lipinski definition) is 0. The van der Waals surface area contributed by atoms with Gasteiger partial charge in [-0.25, -0.2) is 13.2 Å². The van der Waals surface area contributed by atoms with Crippen LogP contribution in [0.25, 0.3) is 0 Å². The zero-order valence-electron chi connectivity index (χ0n) is 9.48. The third-order valence-corrected chi connectivity index (χ3v) is 3.24. The first kappa shape index (κ1) is 12.7. The van der Waals surface area contributed by atoms with E-state index >= 15 is 0 Å². The van der Waals surface area contributed by atoms with Crippen LogP contribution in [-0.4, -0.2) is 27.2 Å². The highest BCUT2D eigenvalue weighted by atomic mass is 32.2. The Hall–Kier alpha value is -1.36.